The van der Waals surface area contributed by atoms with Crippen LogP contribution in [0.1, 0.15) is 18.4 Å². The van der Waals surface area contributed by atoms with E-state index in [-0.39, 0.29) is 29.5 Å². The van der Waals surface area contributed by atoms with Crippen LogP contribution in [-0.4, -0.2) is 19.2 Å². The number of carbonyl (C=O) groups excluding carboxylic acids is 1. The summed E-state index contributed by atoms with van der Waals surface area (Å²) < 4.78 is 25.2. The second-order valence-electron chi connectivity index (χ2n) is 4.55. The fourth-order valence-electron chi connectivity index (χ4n) is 2.72. The number of hydrogen-bond donors (Lipinski definition) is 0. The van der Waals surface area contributed by atoms with E-state index in [2.05, 4.69) is 15.9 Å². The van der Waals surface area contributed by atoms with Crippen LogP contribution in [0, 0.1) is 17.7 Å². The number of rotatable bonds is 2. The number of carbonyl (C=O) groups is 1. The number of esters is 1. The molecule has 0 bridgehead atoms. The molecule has 0 saturated heterocycles. The minimum Gasteiger partial charge on any atom is -0.492 e. The summed E-state index contributed by atoms with van der Waals surface area (Å²) in [7, 11) is 0. The van der Waals surface area contributed by atoms with Crippen LogP contribution in [0.4, 0.5) is 4.39 Å². The van der Waals surface area contributed by atoms with Crippen LogP contribution < -0.4 is 4.74 Å². The first-order valence-electron chi connectivity index (χ1n) is 5.92. The van der Waals surface area contributed by atoms with Crippen molar-refractivity contribution in [2.45, 2.75) is 12.8 Å². The molecule has 0 N–H and O–H groups in total. The van der Waals surface area contributed by atoms with Gasteiger partial charge in [-0.05, 0) is 35.0 Å². The standard InChI is InChI=1S/C13H12BrFO3/c1-2-17-13(16)10-6-5-18-12-7(14)3-4-8(15)11(12)9(6)10/h3-4,6,9-10H,2,5H2,1H3. The van der Waals surface area contributed by atoms with Gasteiger partial charge in [0.2, 0.25) is 0 Å². The van der Waals surface area contributed by atoms with Gasteiger partial charge >= 0.3 is 5.97 Å². The van der Waals surface area contributed by atoms with Gasteiger partial charge in [0.25, 0.3) is 0 Å². The predicted molar refractivity (Wildman–Crippen MR) is 65.9 cm³/mol. The van der Waals surface area contributed by atoms with Gasteiger partial charge in [0, 0.05) is 17.4 Å². The second kappa shape index (κ2) is 4.23. The van der Waals surface area contributed by atoms with Crippen molar-refractivity contribution < 1.29 is 18.7 Å². The highest BCUT2D eigenvalue weighted by atomic mass is 79.9. The smallest absolute Gasteiger partial charge is 0.309 e. The first-order chi connectivity index (χ1) is 8.65. The summed E-state index contributed by atoms with van der Waals surface area (Å²) in [6.07, 6.45) is 0. The Hall–Kier alpha value is -1.10. The van der Waals surface area contributed by atoms with E-state index in [0.29, 0.717) is 24.5 Å². The van der Waals surface area contributed by atoms with E-state index in [1.807, 2.05) is 0 Å². The van der Waals surface area contributed by atoms with Crippen LogP contribution in [0.15, 0.2) is 16.6 Å². The number of ether oxygens (including phenoxy) is 2. The van der Waals surface area contributed by atoms with Crippen molar-refractivity contribution in [3.05, 3.63) is 28.0 Å². The first-order valence-corrected chi connectivity index (χ1v) is 6.71. The fraction of sp³-hybridized carbons (Fsp3) is 0.462. The minimum atomic E-state index is -0.310. The minimum absolute atomic E-state index is 0.0559. The quantitative estimate of drug-likeness (QED) is 0.787. The Balaban J connectivity index is 1.95. The van der Waals surface area contributed by atoms with Crippen LogP contribution in [-0.2, 0) is 9.53 Å². The average Bonchev–Trinajstić information content (AvgIpc) is 3.08. The Morgan fingerprint density at radius 2 is 2.39 bits per heavy atom. The molecule has 1 aliphatic carbocycles. The number of halogens is 2. The van der Waals surface area contributed by atoms with Gasteiger partial charge < -0.3 is 9.47 Å². The van der Waals surface area contributed by atoms with Gasteiger partial charge in [-0.3, -0.25) is 4.79 Å². The van der Waals surface area contributed by atoms with Crippen LogP contribution >= 0.6 is 15.9 Å². The lowest BCUT2D eigenvalue weighted by molar-refractivity contribution is -0.145. The van der Waals surface area contributed by atoms with Crippen molar-refractivity contribution in [3.8, 4) is 5.75 Å². The highest BCUT2D eigenvalue weighted by molar-refractivity contribution is 9.10. The SMILES string of the molecule is CCOC(=O)C1C2COc3c(Br)ccc(F)c3C21. The van der Waals surface area contributed by atoms with E-state index in [0.717, 1.165) is 4.47 Å². The lowest BCUT2D eigenvalue weighted by Gasteiger charge is -2.17. The molecule has 3 unspecified atom stereocenters. The molecule has 2 aliphatic rings. The first kappa shape index (κ1) is 12.0. The molecule has 3 atom stereocenters. The Morgan fingerprint density at radius 1 is 1.61 bits per heavy atom. The normalized spacial score (nSPS) is 27.8. The average molecular weight is 315 g/mol. The highest BCUT2D eigenvalue weighted by Gasteiger charge is 2.60. The maximum atomic E-state index is 13.9. The summed E-state index contributed by atoms with van der Waals surface area (Å²) in [4.78, 5) is 11.8. The Kier molecular flexibility index (Phi) is 2.81. The lowest BCUT2D eigenvalue weighted by atomic mass is 10.0. The van der Waals surface area contributed by atoms with E-state index in [1.54, 1.807) is 13.0 Å². The summed E-state index contributed by atoms with van der Waals surface area (Å²) in [6.45, 7) is 2.57. The summed E-state index contributed by atoms with van der Waals surface area (Å²) in [6, 6.07) is 3.02. The lowest BCUT2D eigenvalue weighted by Crippen LogP contribution is -2.11. The molecule has 1 aromatic rings. The van der Waals surface area contributed by atoms with Crippen molar-refractivity contribution in [3.63, 3.8) is 0 Å². The van der Waals surface area contributed by atoms with Crippen LogP contribution in [0.5, 0.6) is 5.75 Å². The van der Waals surface area contributed by atoms with Gasteiger partial charge in [0.05, 0.1) is 23.6 Å². The zero-order chi connectivity index (χ0) is 12.9. The predicted octanol–water partition coefficient (Wildman–Crippen LogP) is 2.87. The van der Waals surface area contributed by atoms with E-state index in [1.165, 1.54) is 6.07 Å². The Bertz CT molecular complexity index is 517. The van der Waals surface area contributed by atoms with Crippen molar-refractivity contribution >= 4 is 21.9 Å². The number of benzene rings is 1. The molecule has 0 amide bonds. The van der Waals surface area contributed by atoms with Gasteiger partial charge in [0.1, 0.15) is 11.6 Å². The third-order valence-electron chi connectivity index (χ3n) is 3.58. The van der Waals surface area contributed by atoms with Crippen molar-refractivity contribution in [2.75, 3.05) is 13.2 Å². The van der Waals surface area contributed by atoms with E-state index < -0.39 is 0 Å². The molecular weight excluding hydrogens is 303 g/mol. The van der Waals surface area contributed by atoms with Gasteiger partial charge in [-0.2, -0.15) is 0 Å². The molecule has 96 valence electrons. The molecule has 1 aromatic carbocycles. The molecule has 18 heavy (non-hydrogen) atoms. The van der Waals surface area contributed by atoms with Gasteiger partial charge in [-0.25, -0.2) is 4.39 Å². The summed E-state index contributed by atoms with van der Waals surface area (Å²) >= 11 is 3.34. The topological polar surface area (TPSA) is 35.5 Å². The molecule has 1 fully saturated rings. The molecule has 1 heterocycles. The highest BCUT2D eigenvalue weighted by Crippen LogP contribution is 2.61. The largest absolute Gasteiger partial charge is 0.492 e. The monoisotopic (exact) mass is 314 g/mol. The molecule has 0 aromatic heterocycles. The van der Waals surface area contributed by atoms with Gasteiger partial charge in [-0.15, -0.1) is 0 Å². The second-order valence-corrected chi connectivity index (χ2v) is 5.40. The zero-order valence-corrected chi connectivity index (χ0v) is 11.4. The summed E-state index contributed by atoms with van der Waals surface area (Å²) in [5.41, 5.74) is 0.513. The van der Waals surface area contributed by atoms with E-state index in [9.17, 15) is 9.18 Å². The van der Waals surface area contributed by atoms with Crippen LogP contribution in [0.3, 0.4) is 0 Å². The molecular formula is C13H12BrFO3. The zero-order valence-electron chi connectivity index (χ0n) is 9.78. The maximum absolute atomic E-state index is 13.9. The third-order valence-corrected chi connectivity index (χ3v) is 4.20. The maximum Gasteiger partial charge on any atom is 0.309 e. The molecule has 5 heteroatoms. The molecule has 1 saturated carbocycles. The Labute approximate surface area is 112 Å². The van der Waals surface area contributed by atoms with Crippen LogP contribution in [0.2, 0.25) is 0 Å². The third kappa shape index (κ3) is 1.64. The van der Waals surface area contributed by atoms with E-state index >= 15 is 0 Å². The Morgan fingerprint density at radius 3 is 3.11 bits per heavy atom. The molecule has 0 spiro atoms. The summed E-state index contributed by atoms with van der Waals surface area (Å²) in [5.74, 6) is -0.318. The molecule has 0 radical (unpaired) electrons. The van der Waals surface area contributed by atoms with Crippen LogP contribution in [0.25, 0.3) is 0 Å². The van der Waals surface area contributed by atoms with Crippen molar-refractivity contribution in [1.82, 2.24) is 0 Å². The van der Waals surface area contributed by atoms with Gasteiger partial charge in [-0.1, -0.05) is 0 Å². The number of fused-ring (bicyclic) bond motifs is 3. The molecule has 1 aliphatic heterocycles. The van der Waals surface area contributed by atoms with E-state index in [4.69, 9.17) is 9.47 Å². The molecule has 3 nitrogen and oxygen atoms in total. The molecule has 3 rings (SSSR count). The van der Waals surface area contributed by atoms with Crippen molar-refractivity contribution in [2.24, 2.45) is 11.8 Å². The fourth-order valence-corrected chi connectivity index (χ4v) is 3.18. The van der Waals surface area contributed by atoms with Gasteiger partial charge in [0.15, 0.2) is 0 Å². The number of hydrogen-bond acceptors (Lipinski definition) is 3. The summed E-state index contributed by atoms with van der Waals surface area (Å²) in [5, 5.41) is 0. The van der Waals surface area contributed by atoms with Crippen molar-refractivity contribution in [1.29, 1.82) is 0 Å².